The van der Waals surface area contributed by atoms with Crippen molar-refractivity contribution in [2.75, 3.05) is 19.6 Å². The average molecular weight is 530 g/mol. The third-order valence-corrected chi connectivity index (χ3v) is 7.66. The molecule has 2 aromatic carbocycles. The Labute approximate surface area is 230 Å². The van der Waals surface area contributed by atoms with Crippen molar-refractivity contribution in [2.45, 2.75) is 53.0 Å². The number of thiophene rings is 1. The Morgan fingerprint density at radius 3 is 2.34 bits per heavy atom. The fourth-order valence-corrected chi connectivity index (χ4v) is 5.39. The minimum atomic E-state index is -0.0758. The molecule has 0 aliphatic heterocycles. The number of carbonyl (C=O) groups is 2. The molecule has 0 saturated heterocycles. The van der Waals surface area contributed by atoms with Crippen LogP contribution in [0, 0.1) is 5.92 Å². The van der Waals surface area contributed by atoms with Crippen molar-refractivity contribution in [1.82, 2.24) is 14.8 Å². The predicted octanol–water partition coefficient (Wildman–Crippen LogP) is 6.90. The van der Waals surface area contributed by atoms with E-state index in [1.54, 1.807) is 4.90 Å². The molecule has 2 aromatic heterocycles. The number of para-hydroxylation sites is 1. The minimum Gasteiger partial charge on any atom is -0.361 e. The van der Waals surface area contributed by atoms with Gasteiger partial charge in [-0.2, -0.15) is 0 Å². The highest BCUT2D eigenvalue weighted by Crippen LogP contribution is 2.23. The van der Waals surface area contributed by atoms with Gasteiger partial charge >= 0.3 is 0 Å². The Balaban J connectivity index is 1.55. The smallest absolute Gasteiger partial charge is 0.264 e. The van der Waals surface area contributed by atoms with E-state index in [1.807, 2.05) is 40.7 Å². The summed E-state index contributed by atoms with van der Waals surface area (Å²) in [6.45, 7) is 12.4. The summed E-state index contributed by atoms with van der Waals surface area (Å²) in [6, 6.07) is 20.5. The van der Waals surface area contributed by atoms with E-state index >= 15 is 0 Å². The van der Waals surface area contributed by atoms with Crippen molar-refractivity contribution in [3.63, 3.8) is 0 Å². The van der Waals surface area contributed by atoms with Crippen LogP contribution in [0.15, 0.2) is 72.2 Å². The van der Waals surface area contributed by atoms with Crippen molar-refractivity contribution >= 4 is 34.1 Å². The van der Waals surface area contributed by atoms with Crippen molar-refractivity contribution in [3.05, 3.63) is 93.8 Å². The standard InChI is InChI=1S/C32H39N3O2S/c1-23(2)20-35(31(37)29-11-8-18-38-29)22-30(36)34(21-24-12-14-26(15-13-24)32(3,4)5)17-16-25-19-33-28-10-7-6-9-27(25)28/h6-15,18-19,23,33H,16-17,20-22H2,1-5H3. The summed E-state index contributed by atoms with van der Waals surface area (Å²) < 4.78 is 0. The Kier molecular flexibility index (Phi) is 8.72. The van der Waals surface area contributed by atoms with Crippen LogP contribution in [-0.4, -0.2) is 46.2 Å². The van der Waals surface area contributed by atoms with Gasteiger partial charge in [-0.1, -0.05) is 83.1 Å². The molecule has 6 heteroatoms. The zero-order chi connectivity index (χ0) is 27.3. The van der Waals surface area contributed by atoms with Crippen LogP contribution >= 0.6 is 11.3 Å². The number of hydrogen-bond acceptors (Lipinski definition) is 3. The fourth-order valence-electron chi connectivity index (χ4n) is 4.70. The highest BCUT2D eigenvalue weighted by molar-refractivity contribution is 7.12. The summed E-state index contributed by atoms with van der Waals surface area (Å²) in [5.41, 5.74) is 4.72. The van der Waals surface area contributed by atoms with Crippen LogP contribution in [-0.2, 0) is 23.2 Å². The molecule has 0 radical (unpaired) electrons. The van der Waals surface area contributed by atoms with E-state index in [0.717, 1.165) is 17.5 Å². The average Bonchev–Trinajstić information content (AvgIpc) is 3.56. The van der Waals surface area contributed by atoms with Crippen LogP contribution in [0.4, 0.5) is 0 Å². The number of aromatic nitrogens is 1. The normalized spacial score (nSPS) is 11.7. The quantitative estimate of drug-likeness (QED) is 0.243. The van der Waals surface area contributed by atoms with Gasteiger partial charge in [0.2, 0.25) is 5.91 Å². The first-order valence-corrected chi connectivity index (χ1v) is 14.2. The molecule has 1 N–H and O–H groups in total. The number of carbonyl (C=O) groups excluding carboxylic acids is 2. The van der Waals surface area contributed by atoms with E-state index in [9.17, 15) is 9.59 Å². The molecule has 4 aromatic rings. The molecular weight excluding hydrogens is 490 g/mol. The molecule has 0 saturated carbocycles. The van der Waals surface area contributed by atoms with Gasteiger partial charge in [-0.25, -0.2) is 0 Å². The van der Waals surface area contributed by atoms with Gasteiger partial charge in [-0.05, 0) is 52.0 Å². The SMILES string of the molecule is CC(C)CN(CC(=O)N(CCc1c[nH]c2ccccc12)Cc1ccc(C(C)(C)C)cc1)C(=O)c1cccs1. The maximum absolute atomic E-state index is 13.8. The van der Waals surface area contributed by atoms with E-state index in [2.05, 4.69) is 76.0 Å². The molecule has 0 spiro atoms. The second kappa shape index (κ2) is 12.0. The van der Waals surface area contributed by atoms with Gasteiger partial charge in [0.15, 0.2) is 0 Å². The number of aromatic amines is 1. The Morgan fingerprint density at radius 2 is 1.68 bits per heavy atom. The van der Waals surface area contributed by atoms with E-state index in [4.69, 9.17) is 0 Å². The minimum absolute atomic E-state index is 0.0321. The summed E-state index contributed by atoms with van der Waals surface area (Å²) in [7, 11) is 0. The number of amides is 2. The second-order valence-electron chi connectivity index (χ2n) is 11.4. The summed E-state index contributed by atoms with van der Waals surface area (Å²) in [5, 5.41) is 3.08. The zero-order valence-electron chi connectivity index (χ0n) is 23.2. The van der Waals surface area contributed by atoms with Gasteiger partial charge in [0, 0.05) is 36.7 Å². The fraction of sp³-hybridized carbons (Fsp3) is 0.375. The summed E-state index contributed by atoms with van der Waals surface area (Å²) in [6.07, 6.45) is 2.77. The molecule has 2 heterocycles. The lowest BCUT2D eigenvalue weighted by atomic mass is 9.87. The third kappa shape index (κ3) is 6.93. The van der Waals surface area contributed by atoms with E-state index in [1.165, 1.54) is 27.8 Å². The van der Waals surface area contributed by atoms with Gasteiger partial charge in [0.25, 0.3) is 5.91 Å². The molecule has 5 nitrogen and oxygen atoms in total. The monoisotopic (exact) mass is 529 g/mol. The largest absolute Gasteiger partial charge is 0.361 e. The Hall–Kier alpha value is -3.38. The molecule has 0 fully saturated rings. The molecule has 0 aliphatic rings. The van der Waals surface area contributed by atoms with E-state index < -0.39 is 0 Å². The number of hydrogen-bond donors (Lipinski definition) is 1. The van der Waals surface area contributed by atoms with Crippen molar-refractivity contribution in [3.8, 4) is 0 Å². The molecule has 0 aliphatic carbocycles. The van der Waals surface area contributed by atoms with Gasteiger partial charge in [0.1, 0.15) is 6.54 Å². The first-order valence-electron chi connectivity index (χ1n) is 13.4. The Bertz CT molecular complexity index is 1350. The molecule has 0 bridgehead atoms. The lowest BCUT2D eigenvalue weighted by Crippen LogP contribution is -2.44. The van der Waals surface area contributed by atoms with E-state index in [0.29, 0.717) is 24.5 Å². The molecular formula is C32H39N3O2S. The van der Waals surface area contributed by atoms with Crippen molar-refractivity contribution < 1.29 is 9.59 Å². The lowest BCUT2D eigenvalue weighted by Gasteiger charge is -2.29. The molecule has 38 heavy (non-hydrogen) atoms. The first-order chi connectivity index (χ1) is 18.1. The van der Waals surface area contributed by atoms with Crippen LogP contribution in [0.1, 0.15) is 61.0 Å². The molecule has 0 atom stereocenters. The first kappa shape index (κ1) is 27.6. The number of rotatable bonds is 10. The van der Waals surface area contributed by atoms with Crippen LogP contribution in [0.2, 0.25) is 0 Å². The maximum atomic E-state index is 13.8. The van der Waals surface area contributed by atoms with Crippen molar-refractivity contribution in [1.29, 1.82) is 0 Å². The number of nitrogens with zero attached hydrogens (tertiary/aromatic N) is 2. The number of benzene rings is 2. The van der Waals surface area contributed by atoms with Gasteiger partial charge in [0.05, 0.1) is 4.88 Å². The van der Waals surface area contributed by atoms with Crippen LogP contribution in [0.5, 0.6) is 0 Å². The van der Waals surface area contributed by atoms with E-state index in [-0.39, 0.29) is 29.7 Å². The Morgan fingerprint density at radius 1 is 0.947 bits per heavy atom. The topological polar surface area (TPSA) is 56.4 Å². The highest BCUT2D eigenvalue weighted by atomic mass is 32.1. The van der Waals surface area contributed by atoms with Gasteiger partial charge in [-0.15, -0.1) is 11.3 Å². The second-order valence-corrected chi connectivity index (χ2v) is 12.4. The summed E-state index contributed by atoms with van der Waals surface area (Å²) in [4.78, 5) is 34.7. The van der Waals surface area contributed by atoms with Gasteiger partial charge < -0.3 is 14.8 Å². The van der Waals surface area contributed by atoms with Gasteiger partial charge in [-0.3, -0.25) is 9.59 Å². The summed E-state index contributed by atoms with van der Waals surface area (Å²) in [5.74, 6) is 0.153. The van der Waals surface area contributed by atoms with Crippen LogP contribution in [0.25, 0.3) is 10.9 Å². The maximum Gasteiger partial charge on any atom is 0.264 e. The lowest BCUT2D eigenvalue weighted by molar-refractivity contribution is -0.132. The van der Waals surface area contributed by atoms with Crippen molar-refractivity contribution in [2.24, 2.45) is 5.92 Å². The van der Waals surface area contributed by atoms with Crippen LogP contribution < -0.4 is 0 Å². The molecule has 4 rings (SSSR count). The predicted molar refractivity (Wildman–Crippen MR) is 158 cm³/mol. The van der Waals surface area contributed by atoms with Crippen LogP contribution in [0.3, 0.4) is 0 Å². The number of fused-ring (bicyclic) bond motifs is 1. The number of nitrogens with one attached hydrogen (secondary N) is 1. The molecule has 0 unspecified atom stereocenters. The summed E-state index contributed by atoms with van der Waals surface area (Å²) >= 11 is 1.42. The highest BCUT2D eigenvalue weighted by Gasteiger charge is 2.24. The third-order valence-electron chi connectivity index (χ3n) is 6.80. The molecule has 200 valence electrons. The number of H-pyrrole nitrogens is 1. The molecule has 2 amide bonds. The zero-order valence-corrected chi connectivity index (χ0v) is 24.0.